The van der Waals surface area contributed by atoms with E-state index in [1.807, 2.05) is 86.7 Å². The van der Waals surface area contributed by atoms with Crippen molar-refractivity contribution in [2.24, 2.45) is 5.10 Å². The second kappa shape index (κ2) is 10.2. The van der Waals surface area contributed by atoms with Gasteiger partial charge >= 0.3 is 0 Å². The van der Waals surface area contributed by atoms with Crippen LogP contribution in [0.5, 0.6) is 11.5 Å². The average Bonchev–Trinajstić information content (AvgIpc) is 3.08. The Labute approximate surface area is 206 Å². The normalized spacial score (nSPS) is 14.5. The highest BCUT2D eigenvalue weighted by molar-refractivity contribution is 9.10. The number of halogens is 2. The number of carbonyl (C=O) groups is 1. The van der Waals surface area contributed by atoms with Crippen LogP contribution in [0.2, 0.25) is 5.02 Å². The topological polar surface area (TPSA) is 51.1 Å². The zero-order chi connectivity index (χ0) is 23.4. The van der Waals surface area contributed by atoms with Crippen LogP contribution in [0, 0.1) is 0 Å². The molecule has 5 nitrogen and oxygen atoms in total. The summed E-state index contributed by atoms with van der Waals surface area (Å²) in [6.07, 6.45) is 1.82. The number of benzene rings is 3. The van der Waals surface area contributed by atoms with Crippen molar-refractivity contribution in [3.63, 3.8) is 0 Å². The lowest BCUT2D eigenvalue weighted by atomic mass is 10.1. The number of para-hydroxylation sites is 1. The minimum Gasteiger partial charge on any atom is -0.490 e. The van der Waals surface area contributed by atoms with Crippen molar-refractivity contribution in [1.82, 2.24) is 0 Å². The summed E-state index contributed by atoms with van der Waals surface area (Å²) < 4.78 is 12.6. The van der Waals surface area contributed by atoms with Gasteiger partial charge in [0.05, 0.1) is 28.1 Å². The summed E-state index contributed by atoms with van der Waals surface area (Å²) >= 11 is 9.68. The fourth-order valence-electron chi connectivity index (χ4n) is 3.45. The molecule has 3 aromatic rings. The van der Waals surface area contributed by atoms with Crippen LogP contribution in [0.3, 0.4) is 0 Å². The van der Waals surface area contributed by atoms with E-state index in [4.69, 9.17) is 21.1 Å². The van der Waals surface area contributed by atoms with E-state index in [1.54, 1.807) is 0 Å². The van der Waals surface area contributed by atoms with Crippen molar-refractivity contribution in [2.75, 3.05) is 11.6 Å². The fraction of sp³-hybridized carbons (Fsp3) is 0.154. The maximum atomic E-state index is 13.0. The number of hydrogen-bond acceptors (Lipinski definition) is 4. The van der Waals surface area contributed by atoms with E-state index >= 15 is 0 Å². The summed E-state index contributed by atoms with van der Waals surface area (Å²) in [5.41, 5.74) is 3.66. The minimum absolute atomic E-state index is 0.172. The average molecular weight is 526 g/mol. The van der Waals surface area contributed by atoms with Gasteiger partial charge in [0.15, 0.2) is 11.5 Å². The molecule has 1 aliphatic rings. The number of nitrogens with zero attached hydrogens (tertiary/aromatic N) is 2. The standard InChI is InChI=1S/C26H22BrClN2O3/c1-3-32-24-15-19(14-23(27)25(24)33-16-18-8-7-9-20(28)12-18)13-22-17(2)29-30(26(22)31)21-10-5-4-6-11-21/h4-15H,3,16H2,1-2H3/b22-13+. The Morgan fingerprint density at radius 1 is 1.06 bits per heavy atom. The molecule has 4 rings (SSSR count). The molecule has 7 heteroatoms. The summed E-state index contributed by atoms with van der Waals surface area (Å²) in [7, 11) is 0. The molecule has 168 valence electrons. The lowest BCUT2D eigenvalue weighted by molar-refractivity contribution is -0.114. The van der Waals surface area contributed by atoms with Crippen molar-refractivity contribution in [3.05, 3.63) is 92.9 Å². The van der Waals surface area contributed by atoms with E-state index in [9.17, 15) is 4.79 Å². The van der Waals surface area contributed by atoms with E-state index in [0.717, 1.165) is 21.3 Å². The third-order valence-corrected chi connectivity index (χ3v) is 5.80. The second-order valence-electron chi connectivity index (χ2n) is 7.38. The van der Waals surface area contributed by atoms with Crippen molar-refractivity contribution < 1.29 is 14.3 Å². The highest BCUT2D eigenvalue weighted by atomic mass is 79.9. The molecule has 33 heavy (non-hydrogen) atoms. The van der Waals surface area contributed by atoms with Gasteiger partial charge in [-0.05, 0) is 83.4 Å². The van der Waals surface area contributed by atoms with E-state index < -0.39 is 0 Å². The van der Waals surface area contributed by atoms with Crippen LogP contribution in [0.25, 0.3) is 6.08 Å². The molecule has 1 amide bonds. The number of carbonyl (C=O) groups excluding carboxylic acids is 1. The van der Waals surface area contributed by atoms with E-state index in [2.05, 4.69) is 21.0 Å². The Morgan fingerprint density at radius 3 is 2.58 bits per heavy atom. The molecule has 0 spiro atoms. The summed E-state index contributed by atoms with van der Waals surface area (Å²) in [6.45, 7) is 4.56. The van der Waals surface area contributed by atoms with Gasteiger partial charge in [-0.3, -0.25) is 4.79 Å². The number of hydrazone groups is 1. The van der Waals surface area contributed by atoms with Gasteiger partial charge < -0.3 is 9.47 Å². The molecule has 0 saturated heterocycles. The summed E-state index contributed by atoms with van der Waals surface area (Å²) in [4.78, 5) is 13.0. The summed E-state index contributed by atoms with van der Waals surface area (Å²) in [5.74, 6) is 1.00. The van der Waals surface area contributed by atoms with Gasteiger partial charge in [-0.1, -0.05) is 41.9 Å². The number of ether oxygens (including phenoxy) is 2. The van der Waals surface area contributed by atoms with Crippen molar-refractivity contribution >= 4 is 50.9 Å². The minimum atomic E-state index is -0.172. The third-order valence-electron chi connectivity index (χ3n) is 4.98. The molecular weight excluding hydrogens is 504 g/mol. The van der Waals surface area contributed by atoms with Crippen LogP contribution < -0.4 is 14.5 Å². The lowest BCUT2D eigenvalue weighted by Crippen LogP contribution is -2.21. The summed E-state index contributed by atoms with van der Waals surface area (Å²) in [6, 6.07) is 20.6. The first-order valence-electron chi connectivity index (χ1n) is 10.5. The first-order chi connectivity index (χ1) is 16.0. The van der Waals surface area contributed by atoms with Crippen LogP contribution in [0.1, 0.15) is 25.0 Å². The predicted molar refractivity (Wildman–Crippen MR) is 136 cm³/mol. The molecular formula is C26H22BrClN2O3. The molecule has 1 heterocycles. The highest BCUT2D eigenvalue weighted by Gasteiger charge is 2.28. The largest absolute Gasteiger partial charge is 0.490 e. The Bertz CT molecular complexity index is 1240. The van der Waals surface area contributed by atoms with Crippen LogP contribution in [-0.2, 0) is 11.4 Å². The molecule has 0 N–H and O–H groups in total. The van der Waals surface area contributed by atoms with Gasteiger partial charge in [0.25, 0.3) is 5.91 Å². The number of anilines is 1. The van der Waals surface area contributed by atoms with Crippen LogP contribution in [-0.4, -0.2) is 18.2 Å². The number of hydrogen-bond donors (Lipinski definition) is 0. The Hall–Kier alpha value is -3.09. The summed E-state index contributed by atoms with van der Waals surface area (Å²) in [5, 5.41) is 6.52. The second-order valence-corrected chi connectivity index (χ2v) is 8.67. The van der Waals surface area contributed by atoms with Gasteiger partial charge in [0.2, 0.25) is 0 Å². The Kier molecular flexibility index (Phi) is 7.16. The van der Waals surface area contributed by atoms with Gasteiger partial charge in [0, 0.05) is 5.02 Å². The molecule has 1 aliphatic heterocycles. The molecule has 0 unspecified atom stereocenters. The Morgan fingerprint density at radius 2 is 1.85 bits per heavy atom. The van der Waals surface area contributed by atoms with E-state index in [1.165, 1.54) is 5.01 Å². The van der Waals surface area contributed by atoms with Crippen LogP contribution in [0.4, 0.5) is 5.69 Å². The maximum Gasteiger partial charge on any atom is 0.280 e. The van der Waals surface area contributed by atoms with Crippen LogP contribution >= 0.6 is 27.5 Å². The number of amides is 1. The molecule has 0 fully saturated rings. The molecule has 0 atom stereocenters. The van der Waals surface area contributed by atoms with Gasteiger partial charge in [-0.2, -0.15) is 10.1 Å². The van der Waals surface area contributed by atoms with E-state index in [-0.39, 0.29) is 5.91 Å². The van der Waals surface area contributed by atoms with Crippen LogP contribution in [0.15, 0.2) is 81.9 Å². The molecule has 0 bridgehead atoms. The molecule has 0 saturated carbocycles. The predicted octanol–water partition coefficient (Wildman–Crippen LogP) is 6.89. The fourth-order valence-corrected chi connectivity index (χ4v) is 4.24. The quantitative estimate of drug-likeness (QED) is 0.316. The smallest absolute Gasteiger partial charge is 0.280 e. The molecule has 0 aromatic heterocycles. The van der Waals surface area contributed by atoms with Crippen molar-refractivity contribution in [3.8, 4) is 11.5 Å². The third kappa shape index (κ3) is 5.29. The first kappa shape index (κ1) is 23.1. The van der Waals surface area contributed by atoms with Crippen molar-refractivity contribution in [1.29, 1.82) is 0 Å². The zero-order valence-electron chi connectivity index (χ0n) is 18.2. The van der Waals surface area contributed by atoms with Gasteiger partial charge in [-0.15, -0.1) is 0 Å². The zero-order valence-corrected chi connectivity index (χ0v) is 20.6. The SMILES string of the molecule is CCOc1cc(/C=C2/C(=O)N(c3ccccc3)N=C2C)cc(Br)c1OCc1cccc(Cl)c1. The molecule has 0 aliphatic carbocycles. The molecule has 3 aromatic carbocycles. The monoisotopic (exact) mass is 524 g/mol. The maximum absolute atomic E-state index is 13.0. The van der Waals surface area contributed by atoms with E-state index in [0.29, 0.717) is 41.0 Å². The first-order valence-corrected chi connectivity index (χ1v) is 11.6. The highest BCUT2D eigenvalue weighted by Crippen LogP contribution is 2.38. The number of rotatable bonds is 7. The van der Waals surface area contributed by atoms with Gasteiger partial charge in [-0.25, -0.2) is 0 Å². The Balaban J connectivity index is 1.61. The lowest BCUT2D eigenvalue weighted by Gasteiger charge is -2.15. The molecule has 0 radical (unpaired) electrons. The van der Waals surface area contributed by atoms with Gasteiger partial charge in [0.1, 0.15) is 6.61 Å². The van der Waals surface area contributed by atoms with Crippen molar-refractivity contribution in [2.45, 2.75) is 20.5 Å².